The standard InChI is InChI=1S/C16H18N4/c1-20-8-7-18-15(20)11-19-14-9-16(10-14,12-17)13-5-3-2-4-6-13/h2-8,14,19H,9-11H2,1H3. The number of imidazole rings is 1. The summed E-state index contributed by atoms with van der Waals surface area (Å²) in [6.07, 6.45) is 5.50. The first-order valence-electron chi connectivity index (χ1n) is 6.90. The maximum atomic E-state index is 9.51. The molecule has 4 heteroatoms. The van der Waals surface area contributed by atoms with Crippen LogP contribution in [0.5, 0.6) is 0 Å². The molecule has 1 aliphatic carbocycles. The summed E-state index contributed by atoms with van der Waals surface area (Å²) in [5.41, 5.74) is 0.832. The van der Waals surface area contributed by atoms with Gasteiger partial charge >= 0.3 is 0 Å². The number of nitrogens with zero attached hydrogens (tertiary/aromatic N) is 3. The zero-order valence-corrected chi connectivity index (χ0v) is 11.6. The molecule has 1 heterocycles. The van der Waals surface area contributed by atoms with E-state index in [1.54, 1.807) is 6.20 Å². The summed E-state index contributed by atoms with van der Waals surface area (Å²) in [7, 11) is 1.99. The van der Waals surface area contributed by atoms with E-state index >= 15 is 0 Å². The largest absolute Gasteiger partial charge is 0.337 e. The monoisotopic (exact) mass is 266 g/mol. The van der Waals surface area contributed by atoms with E-state index in [1.807, 2.05) is 36.0 Å². The molecule has 1 aliphatic rings. The van der Waals surface area contributed by atoms with Crippen molar-refractivity contribution in [3.05, 3.63) is 54.1 Å². The van der Waals surface area contributed by atoms with Crippen molar-refractivity contribution in [2.75, 3.05) is 0 Å². The quantitative estimate of drug-likeness (QED) is 0.922. The fraction of sp³-hybridized carbons (Fsp3) is 0.375. The molecule has 102 valence electrons. The van der Waals surface area contributed by atoms with Crippen LogP contribution in [0.4, 0.5) is 0 Å². The van der Waals surface area contributed by atoms with Crippen molar-refractivity contribution in [2.45, 2.75) is 30.8 Å². The van der Waals surface area contributed by atoms with Gasteiger partial charge in [0.2, 0.25) is 0 Å². The van der Waals surface area contributed by atoms with Crippen molar-refractivity contribution < 1.29 is 0 Å². The Kier molecular flexibility index (Phi) is 3.29. The zero-order valence-electron chi connectivity index (χ0n) is 11.6. The van der Waals surface area contributed by atoms with Gasteiger partial charge in [0.05, 0.1) is 18.0 Å². The molecular weight excluding hydrogens is 248 g/mol. The molecule has 4 nitrogen and oxygen atoms in total. The lowest BCUT2D eigenvalue weighted by atomic mass is 9.62. The van der Waals surface area contributed by atoms with Gasteiger partial charge in [-0.05, 0) is 18.4 Å². The fourth-order valence-electron chi connectivity index (χ4n) is 2.88. The zero-order chi connectivity index (χ0) is 14.0. The van der Waals surface area contributed by atoms with Crippen LogP contribution in [-0.4, -0.2) is 15.6 Å². The van der Waals surface area contributed by atoms with Gasteiger partial charge in [-0.2, -0.15) is 5.26 Å². The summed E-state index contributed by atoms with van der Waals surface area (Å²) in [4.78, 5) is 4.30. The number of rotatable bonds is 4. The molecule has 0 saturated heterocycles. The third kappa shape index (κ3) is 2.21. The predicted octanol–water partition coefficient (Wildman–Crippen LogP) is 2.13. The Morgan fingerprint density at radius 2 is 2.15 bits per heavy atom. The van der Waals surface area contributed by atoms with Crippen LogP contribution in [0.3, 0.4) is 0 Å². The number of hydrogen-bond acceptors (Lipinski definition) is 3. The summed E-state index contributed by atoms with van der Waals surface area (Å²) < 4.78 is 2.01. The molecule has 1 N–H and O–H groups in total. The van der Waals surface area contributed by atoms with Gasteiger partial charge in [-0.25, -0.2) is 4.98 Å². The van der Waals surface area contributed by atoms with E-state index in [2.05, 4.69) is 28.5 Å². The molecule has 1 aromatic carbocycles. The molecule has 0 aliphatic heterocycles. The van der Waals surface area contributed by atoms with Crippen LogP contribution in [0.25, 0.3) is 0 Å². The second-order valence-electron chi connectivity index (χ2n) is 5.50. The van der Waals surface area contributed by atoms with E-state index in [4.69, 9.17) is 0 Å². The number of aromatic nitrogens is 2. The van der Waals surface area contributed by atoms with Crippen molar-refractivity contribution in [1.82, 2.24) is 14.9 Å². The summed E-state index contributed by atoms with van der Waals surface area (Å²) in [5.74, 6) is 1.03. The van der Waals surface area contributed by atoms with Gasteiger partial charge < -0.3 is 9.88 Å². The third-order valence-corrected chi connectivity index (χ3v) is 4.20. The first-order chi connectivity index (χ1) is 9.73. The first-order valence-corrected chi connectivity index (χ1v) is 6.90. The smallest absolute Gasteiger partial charge is 0.122 e. The molecule has 0 spiro atoms. The minimum atomic E-state index is -0.305. The summed E-state index contributed by atoms with van der Waals surface area (Å²) in [5, 5.41) is 13.0. The molecule has 3 rings (SSSR count). The lowest BCUT2D eigenvalue weighted by molar-refractivity contribution is 0.224. The lowest BCUT2D eigenvalue weighted by Gasteiger charge is -2.43. The lowest BCUT2D eigenvalue weighted by Crippen LogP contribution is -2.50. The Bertz CT molecular complexity index is 617. The molecule has 0 unspecified atom stereocenters. The van der Waals surface area contributed by atoms with Crippen LogP contribution >= 0.6 is 0 Å². The number of benzene rings is 1. The van der Waals surface area contributed by atoms with Gasteiger partial charge in [0.25, 0.3) is 0 Å². The average Bonchev–Trinajstić information content (AvgIpc) is 2.84. The number of hydrogen-bond donors (Lipinski definition) is 1. The highest BCUT2D eigenvalue weighted by Crippen LogP contribution is 2.43. The van der Waals surface area contributed by atoms with Gasteiger partial charge in [-0.1, -0.05) is 30.3 Å². The second-order valence-corrected chi connectivity index (χ2v) is 5.50. The van der Waals surface area contributed by atoms with Crippen molar-refractivity contribution in [1.29, 1.82) is 5.26 Å². The SMILES string of the molecule is Cn1ccnc1CNC1CC(C#N)(c2ccccc2)C1. The molecule has 1 aromatic heterocycles. The first kappa shape index (κ1) is 12.9. The Morgan fingerprint density at radius 3 is 2.75 bits per heavy atom. The van der Waals surface area contributed by atoms with Crippen molar-refractivity contribution in [2.24, 2.45) is 7.05 Å². The van der Waals surface area contributed by atoms with E-state index in [1.165, 1.54) is 0 Å². The third-order valence-electron chi connectivity index (χ3n) is 4.20. The average molecular weight is 266 g/mol. The maximum absolute atomic E-state index is 9.51. The number of nitriles is 1. The van der Waals surface area contributed by atoms with E-state index in [0.717, 1.165) is 30.8 Å². The number of nitrogens with one attached hydrogen (secondary N) is 1. The van der Waals surface area contributed by atoms with Gasteiger partial charge in [-0.15, -0.1) is 0 Å². The molecule has 1 saturated carbocycles. The van der Waals surface area contributed by atoms with Gasteiger partial charge in [0, 0.05) is 25.5 Å². The highest BCUT2D eigenvalue weighted by Gasteiger charge is 2.45. The predicted molar refractivity (Wildman–Crippen MR) is 76.8 cm³/mol. The maximum Gasteiger partial charge on any atom is 0.122 e. The minimum Gasteiger partial charge on any atom is -0.337 e. The molecule has 0 amide bonds. The molecule has 0 atom stereocenters. The van der Waals surface area contributed by atoms with Crippen LogP contribution in [0.15, 0.2) is 42.7 Å². The fourth-order valence-corrected chi connectivity index (χ4v) is 2.88. The Hall–Kier alpha value is -2.12. The molecule has 1 fully saturated rings. The molecular formula is C16H18N4. The number of aryl methyl sites for hydroxylation is 1. The molecule has 0 radical (unpaired) electrons. The van der Waals surface area contributed by atoms with Crippen molar-refractivity contribution >= 4 is 0 Å². The highest BCUT2D eigenvalue weighted by atomic mass is 15.1. The Balaban J connectivity index is 1.60. The van der Waals surface area contributed by atoms with E-state index in [-0.39, 0.29) is 5.41 Å². The van der Waals surface area contributed by atoms with Crippen molar-refractivity contribution in [3.63, 3.8) is 0 Å². The van der Waals surface area contributed by atoms with Gasteiger partial charge in [-0.3, -0.25) is 0 Å². The topological polar surface area (TPSA) is 53.6 Å². The Labute approximate surface area is 119 Å². The van der Waals surface area contributed by atoms with Gasteiger partial charge in [0.15, 0.2) is 0 Å². The van der Waals surface area contributed by atoms with E-state index in [9.17, 15) is 5.26 Å². The van der Waals surface area contributed by atoms with Gasteiger partial charge in [0.1, 0.15) is 5.82 Å². The highest BCUT2D eigenvalue weighted by molar-refractivity contribution is 5.36. The van der Waals surface area contributed by atoms with Crippen LogP contribution in [-0.2, 0) is 19.0 Å². The van der Waals surface area contributed by atoms with Crippen LogP contribution in [0.1, 0.15) is 24.2 Å². The molecule has 2 aromatic rings. The van der Waals surface area contributed by atoms with E-state index < -0.39 is 0 Å². The summed E-state index contributed by atoms with van der Waals surface area (Å²) >= 11 is 0. The molecule has 0 bridgehead atoms. The minimum absolute atomic E-state index is 0.305. The summed E-state index contributed by atoms with van der Waals surface area (Å²) in [6, 6.07) is 13.0. The summed E-state index contributed by atoms with van der Waals surface area (Å²) in [6.45, 7) is 0.754. The molecule has 20 heavy (non-hydrogen) atoms. The Morgan fingerprint density at radius 1 is 1.40 bits per heavy atom. The van der Waals surface area contributed by atoms with E-state index in [0.29, 0.717) is 6.04 Å². The normalized spacial score (nSPS) is 24.9. The van der Waals surface area contributed by atoms with Crippen molar-refractivity contribution in [3.8, 4) is 6.07 Å². The van der Waals surface area contributed by atoms with Crippen LogP contribution < -0.4 is 5.32 Å². The van der Waals surface area contributed by atoms with Crippen LogP contribution in [0, 0.1) is 11.3 Å². The van der Waals surface area contributed by atoms with Crippen LogP contribution in [0.2, 0.25) is 0 Å². The second kappa shape index (κ2) is 5.10.